The minimum atomic E-state index is -1.36. The van der Waals surface area contributed by atoms with Crippen LogP contribution in [0, 0.1) is 17.5 Å². The summed E-state index contributed by atoms with van der Waals surface area (Å²) >= 11 is 0. The summed E-state index contributed by atoms with van der Waals surface area (Å²) in [6.45, 7) is 0.180. The third-order valence-corrected chi connectivity index (χ3v) is 4.61. The number of amides is 4. The van der Waals surface area contributed by atoms with Crippen molar-refractivity contribution < 1.29 is 27.6 Å². The number of anilines is 1. The third kappa shape index (κ3) is 4.94. The number of hydrogen-bond donors (Lipinski definition) is 3. The fourth-order valence-electron chi connectivity index (χ4n) is 3.18. The number of benzene rings is 2. The summed E-state index contributed by atoms with van der Waals surface area (Å²) in [4.78, 5) is 40.5. The largest absolute Gasteiger partial charge is 0.351 e. The molecule has 4 amide bonds. The number of nitrogens with zero attached hydrogens (tertiary/aromatic N) is 2. The lowest BCUT2D eigenvalue weighted by Crippen LogP contribution is -2.55. The van der Waals surface area contributed by atoms with Crippen molar-refractivity contribution in [3.63, 3.8) is 0 Å². The molecule has 0 saturated carbocycles. The van der Waals surface area contributed by atoms with E-state index < -0.39 is 41.5 Å². The third-order valence-electron chi connectivity index (χ3n) is 4.61. The van der Waals surface area contributed by atoms with Crippen LogP contribution in [0.25, 0.3) is 0 Å². The van der Waals surface area contributed by atoms with Crippen molar-refractivity contribution in [2.75, 3.05) is 31.5 Å². The summed E-state index contributed by atoms with van der Waals surface area (Å²) in [7, 11) is 0. The van der Waals surface area contributed by atoms with Crippen molar-refractivity contribution in [3.8, 4) is 0 Å². The van der Waals surface area contributed by atoms with Crippen LogP contribution in [-0.4, -0.2) is 60.0 Å². The Morgan fingerprint density at radius 1 is 1.00 bits per heavy atom. The smallest absolute Gasteiger partial charge is 0.323 e. The molecule has 8 nitrogen and oxygen atoms in total. The Morgan fingerprint density at radius 2 is 1.74 bits per heavy atom. The van der Waals surface area contributed by atoms with Crippen LogP contribution in [0.4, 0.5) is 23.7 Å². The molecule has 0 bridgehead atoms. The maximum absolute atomic E-state index is 13.6. The van der Waals surface area contributed by atoms with Crippen LogP contribution in [0.1, 0.15) is 10.4 Å². The number of nitrogens with one attached hydrogen (secondary N) is 2. The van der Waals surface area contributed by atoms with Crippen LogP contribution >= 0.6 is 0 Å². The molecule has 0 aromatic heterocycles. The molecular weight excluding hydrogens is 415 g/mol. The lowest BCUT2D eigenvalue weighted by Gasteiger charge is -2.29. The Bertz CT molecular complexity index is 1000. The van der Waals surface area contributed by atoms with Gasteiger partial charge in [0.05, 0.1) is 0 Å². The van der Waals surface area contributed by atoms with Gasteiger partial charge in [-0.15, -0.1) is 0 Å². The minimum Gasteiger partial charge on any atom is -0.351 e. The Hall–Kier alpha value is -3.60. The maximum Gasteiger partial charge on any atom is 0.323 e. The van der Waals surface area contributed by atoms with E-state index in [1.807, 2.05) is 0 Å². The van der Waals surface area contributed by atoms with Crippen LogP contribution in [0.3, 0.4) is 0 Å². The van der Waals surface area contributed by atoms with Gasteiger partial charge in [-0.25, -0.2) is 18.0 Å². The first-order chi connectivity index (χ1) is 14.8. The molecule has 0 spiro atoms. The molecule has 1 atom stereocenters. The molecule has 1 heterocycles. The van der Waals surface area contributed by atoms with Gasteiger partial charge in [0, 0.05) is 37.4 Å². The number of urea groups is 1. The fraction of sp³-hybridized carbons (Fsp3) is 0.250. The molecule has 1 aliphatic rings. The lowest BCUT2D eigenvalue weighted by molar-refractivity contribution is -0.127. The highest BCUT2D eigenvalue weighted by Crippen LogP contribution is 2.21. The van der Waals surface area contributed by atoms with E-state index in [1.54, 1.807) is 0 Å². The second-order valence-corrected chi connectivity index (χ2v) is 6.71. The quantitative estimate of drug-likeness (QED) is 0.662. The van der Waals surface area contributed by atoms with Crippen molar-refractivity contribution in [2.45, 2.75) is 6.17 Å². The molecule has 164 valence electrons. The van der Waals surface area contributed by atoms with Crippen molar-refractivity contribution in [3.05, 3.63) is 65.5 Å². The van der Waals surface area contributed by atoms with Gasteiger partial charge < -0.3 is 21.3 Å². The van der Waals surface area contributed by atoms with E-state index >= 15 is 0 Å². The molecule has 4 N–H and O–H groups in total. The van der Waals surface area contributed by atoms with Gasteiger partial charge in [-0.3, -0.25) is 14.5 Å². The lowest BCUT2D eigenvalue weighted by atomic mass is 10.2. The number of rotatable bonds is 5. The van der Waals surface area contributed by atoms with E-state index in [-0.39, 0.29) is 37.4 Å². The van der Waals surface area contributed by atoms with Gasteiger partial charge >= 0.3 is 6.03 Å². The molecule has 11 heteroatoms. The van der Waals surface area contributed by atoms with Gasteiger partial charge in [0.15, 0.2) is 17.8 Å². The fourth-order valence-corrected chi connectivity index (χ4v) is 3.18. The van der Waals surface area contributed by atoms with Crippen LogP contribution in [0.15, 0.2) is 42.5 Å². The first-order valence-electron chi connectivity index (χ1n) is 9.39. The summed E-state index contributed by atoms with van der Waals surface area (Å²) < 4.78 is 40.2. The zero-order chi connectivity index (χ0) is 22.5. The van der Waals surface area contributed by atoms with E-state index in [2.05, 4.69) is 10.6 Å². The van der Waals surface area contributed by atoms with Gasteiger partial charge in [-0.1, -0.05) is 6.07 Å². The standard InChI is InChI=1S/C20H20F3N5O3/c21-13-2-1-3-14(11-13)26-20(31)28-9-8-27(18(28)17(29)25-7-6-24)19(30)12-4-5-15(22)16(23)10-12/h1-5,10-11,18H,6-9,24H2,(H,25,29)(H,26,31). The van der Waals surface area contributed by atoms with Gasteiger partial charge in [-0.05, 0) is 36.4 Å². The van der Waals surface area contributed by atoms with Gasteiger partial charge in [0.25, 0.3) is 11.8 Å². The predicted molar refractivity (Wildman–Crippen MR) is 105 cm³/mol. The molecule has 3 rings (SSSR count). The molecule has 0 radical (unpaired) electrons. The Balaban J connectivity index is 1.85. The zero-order valence-electron chi connectivity index (χ0n) is 16.3. The second-order valence-electron chi connectivity index (χ2n) is 6.71. The monoisotopic (exact) mass is 435 g/mol. The first-order valence-corrected chi connectivity index (χ1v) is 9.39. The van der Waals surface area contributed by atoms with E-state index in [0.717, 1.165) is 34.1 Å². The summed E-state index contributed by atoms with van der Waals surface area (Å²) in [5.41, 5.74) is 5.39. The number of carbonyl (C=O) groups excluding carboxylic acids is 3. The van der Waals surface area contributed by atoms with Gasteiger partial charge in [-0.2, -0.15) is 0 Å². The number of nitrogens with two attached hydrogens (primary N) is 1. The summed E-state index contributed by atoms with van der Waals surface area (Å²) in [6.07, 6.45) is -1.36. The zero-order valence-corrected chi connectivity index (χ0v) is 16.3. The number of halogens is 3. The van der Waals surface area contributed by atoms with Crippen LogP contribution in [-0.2, 0) is 4.79 Å². The molecule has 31 heavy (non-hydrogen) atoms. The highest BCUT2D eigenvalue weighted by atomic mass is 19.2. The van der Waals surface area contributed by atoms with Crippen LogP contribution < -0.4 is 16.4 Å². The van der Waals surface area contributed by atoms with E-state index in [9.17, 15) is 27.6 Å². The van der Waals surface area contributed by atoms with E-state index in [1.165, 1.54) is 18.2 Å². The van der Waals surface area contributed by atoms with Crippen molar-refractivity contribution in [2.24, 2.45) is 5.73 Å². The molecule has 1 saturated heterocycles. The highest BCUT2D eigenvalue weighted by Gasteiger charge is 2.43. The maximum atomic E-state index is 13.6. The average molecular weight is 435 g/mol. The Kier molecular flexibility index (Phi) is 6.75. The van der Waals surface area contributed by atoms with Crippen molar-refractivity contribution in [1.82, 2.24) is 15.1 Å². The van der Waals surface area contributed by atoms with Crippen molar-refractivity contribution >= 4 is 23.5 Å². The summed E-state index contributed by atoms with van der Waals surface area (Å²) in [5.74, 6) is -4.33. The predicted octanol–water partition coefficient (Wildman–Crippen LogP) is 1.49. The van der Waals surface area contributed by atoms with Crippen LogP contribution in [0.5, 0.6) is 0 Å². The molecule has 1 aliphatic heterocycles. The molecule has 0 aliphatic carbocycles. The van der Waals surface area contributed by atoms with Gasteiger partial charge in [0.2, 0.25) is 0 Å². The van der Waals surface area contributed by atoms with E-state index in [4.69, 9.17) is 5.73 Å². The van der Waals surface area contributed by atoms with Crippen LogP contribution in [0.2, 0.25) is 0 Å². The van der Waals surface area contributed by atoms with Crippen molar-refractivity contribution in [1.29, 1.82) is 0 Å². The molecule has 1 fully saturated rings. The Labute approximate surface area is 175 Å². The molecule has 2 aromatic carbocycles. The SMILES string of the molecule is NCCNC(=O)C1N(C(=O)Nc2cccc(F)c2)CCN1C(=O)c1ccc(F)c(F)c1. The molecular formula is C20H20F3N5O3. The normalized spacial score (nSPS) is 15.7. The first kappa shape index (κ1) is 22.1. The highest BCUT2D eigenvalue weighted by molar-refractivity contribution is 6.00. The summed E-state index contributed by atoms with van der Waals surface area (Å²) in [5, 5.41) is 4.99. The molecule has 1 unspecified atom stereocenters. The topological polar surface area (TPSA) is 108 Å². The second kappa shape index (κ2) is 9.47. The Morgan fingerprint density at radius 3 is 2.42 bits per heavy atom. The number of carbonyl (C=O) groups is 3. The summed E-state index contributed by atoms with van der Waals surface area (Å²) in [6, 6.07) is 7.05. The van der Waals surface area contributed by atoms with E-state index in [0.29, 0.717) is 0 Å². The average Bonchev–Trinajstić information content (AvgIpc) is 3.19. The minimum absolute atomic E-state index is 0.0166. The molecule has 2 aromatic rings. The number of hydrogen-bond acceptors (Lipinski definition) is 4. The van der Waals surface area contributed by atoms with Gasteiger partial charge in [0.1, 0.15) is 5.82 Å².